The van der Waals surface area contributed by atoms with Crippen LogP contribution >= 0.6 is 11.6 Å². The van der Waals surface area contributed by atoms with E-state index in [-0.39, 0.29) is 23.6 Å². The maximum atomic E-state index is 13.7. The van der Waals surface area contributed by atoms with Crippen LogP contribution < -0.4 is 4.90 Å². The van der Waals surface area contributed by atoms with Crippen molar-refractivity contribution in [1.29, 1.82) is 0 Å². The van der Waals surface area contributed by atoms with Gasteiger partial charge in [0.1, 0.15) is 6.04 Å². The minimum atomic E-state index is -0.731. The van der Waals surface area contributed by atoms with E-state index >= 15 is 0 Å². The zero-order chi connectivity index (χ0) is 21.7. The molecule has 2 aromatic rings. The number of fused-ring (bicyclic) bond motifs is 5. The lowest BCUT2D eigenvalue weighted by atomic mass is 9.86. The first-order valence-corrected chi connectivity index (χ1v) is 11.1. The molecule has 2 aromatic carbocycles. The summed E-state index contributed by atoms with van der Waals surface area (Å²) in [5.74, 6) is -1.76. The van der Waals surface area contributed by atoms with Crippen molar-refractivity contribution >= 4 is 41.0 Å². The van der Waals surface area contributed by atoms with Crippen molar-refractivity contribution in [3.05, 3.63) is 70.8 Å². The first kappa shape index (κ1) is 20.0. The fourth-order valence-electron chi connectivity index (χ4n) is 5.22. The zero-order valence-corrected chi connectivity index (χ0v) is 18.0. The second-order valence-corrected chi connectivity index (χ2v) is 8.80. The molecule has 2 saturated heterocycles. The van der Waals surface area contributed by atoms with Crippen molar-refractivity contribution in [3.63, 3.8) is 0 Å². The fourth-order valence-corrected chi connectivity index (χ4v) is 5.40. The second-order valence-electron chi connectivity index (χ2n) is 8.37. The Kier molecular flexibility index (Phi) is 4.94. The molecule has 0 aromatic heterocycles. The smallest absolute Gasteiger partial charge is 0.235 e. The van der Waals surface area contributed by atoms with Crippen molar-refractivity contribution in [1.82, 2.24) is 4.90 Å². The number of Topliss-reactive ketones (excluding diaryl/α,β-unsaturated/α-hetero) is 1. The SMILES string of the molecule is CCCCN1C(=O)[C@@H]2[C@@H](C1=O)[C@@H]1C=Cc3cc(Cl)ccc3N1[C@@H]2C(=O)c1ccccc1. The van der Waals surface area contributed by atoms with Gasteiger partial charge in [0.15, 0.2) is 5.78 Å². The first-order valence-electron chi connectivity index (χ1n) is 10.7. The molecule has 0 spiro atoms. The standard InChI is InChI=1S/C25H23ClN2O3/c1-2-3-13-27-24(30)20-19-11-9-16-14-17(26)10-12-18(16)28(19)22(21(20)25(27)31)23(29)15-7-5-4-6-8-15/h4-12,14,19-22H,2-3,13H2,1H3/t19-,20-,21+,22-/m0/s1. The minimum absolute atomic E-state index is 0.132. The summed E-state index contributed by atoms with van der Waals surface area (Å²) >= 11 is 6.19. The van der Waals surface area contributed by atoms with Crippen LogP contribution in [0.2, 0.25) is 5.02 Å². The Hall–Kier alpha value is -2.92. The number of anilines is 1. The number of carbonyl (C=O) groups is 3. The van der Waals surface area contributed by atoms with Crippen LogP contribution in [0.3, 0.4) is 0 Å². The van der Waals surface area contributed by atoms with E-state index in [0.717, 1.165) is 24.1 Å². The molecule has 6 heteroatoms. The number of imide groups is 1. The normalized spacial score (nSPS) is 26.1. The summed E-state index contributed by atoms with van der Waals surface area (Å²) in [5, 5.41) is 0.602. The Morgan fingerprint density at radius 1 is 1.03 bits per heavy atom. The average molecular weight is 435 g/mol. The van der Waals surface area contributed by atoms with Crippen molar-refractivity contribution in [2.75, 3.05) is 11.4 Å². The second kappa shape index (κ2) is 7.65. The van der Waals surface area contributed by atoms with Crippen LogP contribution in [0.4, 0.5) is 5.69 Å². The number of carbonyl (C=O) groups excluding carboxylic acids is 3. The highest BCUT2D eigenvalue weighted by atomic mass is 35.5. The van der Waals surface area contributed by atoms with Crippen LogP contribution in [0.5, 0.6) is 0 Å². The number of ketones is 1. The largest absolute Gasteiger partial charge is 0.352 e. The maximum Gasteiger partial charge on any atom is 0.235 e. The van der Waals surface area contributed by atoms with E-state index in [1.165, 1.54) is 4.90 Å². The van der Waals surface area contributed by atoms with Gasteiger partial charge in [-0.2, -0.15) is 0 Å². The lowest BCUT2D eigenvalue weighted by Crippen LogP contribution is -2.48. The van der Waals surface area contributed by atoms with Gasteiger partial charge in [0.05, 0.1) is 17.9 Å². The van der Waals surface area contributed by atoms with Crippen LogP contribution in [0, 0.1) is 11.8 Å². The molecule has 0 saturated carbocycles. The van der Waals surface area contributed by atoms with Crippen molar-refractivity contribution < 1.29 is 14.4 Å². The molecule has 0 radical (unpaired) electrons. The van der Waals surface area contributed by atoms with Crippen molar-refractivity contribution in [2.45, 2.75) is 31.8 Å². The average Bonchev–Trinajstić information content (AvgIpc) is 3.25. The predicted octanol–water partition coefficient (Wildman–Crippen LogP) is 4.21. The van der Waals surface area contributed by atoms with E-state index in [1.807, 2.05) is 54.3 Å². The summed E-state index contributed by atoms with van der Waals surface area (Å²) in [6.07, 6.45) is 5.55. The lowest BCUT2D eigenvalue weighted by molar-refractivity contribution is -0.140. The summed E-state index contributed by atoms with van der Waals surface area (Å²) in [5.41, 5.74) is 2.27. The monoisotopic (exact) mass is 434 g/mol. The van der Waals surface area contributed by atoms with Crippen LogP contribution in [0.1, 0.15) is 35.7 Å². The lowest BCUT2D eigenvalue weighted by Gasteiger charge is -2.36. The summed E-state index contributed by atoms with van der Waals surface area (Å²) in [6.45, 7) is 2.44. The number of amides is 2. The number of halogens is 1. The van der Waals surface area contributed by atoms with Gasteiger partial charge in [-0.25, -0.2) is 0 Å². The van der Waals surface area contributed by atoms with Crippen LogP contribution in [-0.2, 0) is 9.59 Å². The molecule has 2 amide bonds. The first-order chi connectivity index (χ1) is 15.0. The Labute approximate surface area is 186 Å². The highest BCUT2D eigenvalue weighted by Gasteiger charge is 2.63. The van der Waals surface area contributed by atoms with E-state index in [4.69, 9.17) is 11.6 Å². The van der Waals surface area contributed by atoms with E-state index in [9.17, 15) is 14.4 Å². The molecule has 2 fully saturated rings. The molecule has 5 rings (SSSR count). The minimum Gasteiger partial charge on any atom is -0.352 e. The third kappa shape index (κ3) is 3.02. The van der Waals surface area contributed by atoms with E-state index in [2.05, 4.69) is 0 Å². The van der Waals surface area contributed by atoms with Gasteiger partial charge in [-0.3, -0.25) is 19.3 Å². The Morgan fingerprint density at radius 3 is 2.52 bits per heavy atom. The summed E-state index contributed by atoms with van der Waals surface area (Å²) in [6, 6.07) is 13.5. The number of hydrogen-bond donors (Lipinski definition) is 0. The van der Waals surface area contributed by atoms with E-state index < -0.39 is 17.9 Å². The maximum absolute atomic E-state index is 13.7. The molecule has 0 N–H and O–H groups in total. The number of rotatable bonds is 5. The van der Waals surface area contributed by atoms with Crippen LogP contribution in [0.25, 0.3) is 6.08 Å². The van der Waals surface area contributed by atoms with Crippen LogP contribution in [0.15, 0.2) is 54.6 Å². The number of likely N-dealkylation sites (tertiary alicyclic amines) is 1. The number of nitrogens with zero attached hydrogens (tertiary/aromatic N) is 2. The number of unbranched alkanes of at least 4 members (excludes halogenated alkanes) is 1. The molecule has 3 heterocycles. The highest BCUT2D eigenvalue weighted by Crippen LogP contribution is 2.49. The van der Waals surface area contributed by atoms with Crippen molar-refractivity contribution in [2.24, 2.45) is 11.8 Å². The van der Waals surface area contributed by atoms with Gasteiger partial charge >= 0.3 is 0 Å². The molecule has 0 unspecified atom stereocenters. The Bertz CT molecular complexity index is 1100. The van der Waals surface area contributed by atoms with Gasteiger partial charge in [0, 0.05) is 22.8 Å². The topological polar surface area (TPSA) is 57.7 Å². The van der Waals surface area contributed by atoms with Gasteiger partial charge in [0.25, 0.3) is 0 Å². The Morgan fingerprint density at radius 2 is 1.77 bits per heavy atom. The van der Waals surface area contributed by atoms with Crippen LogP contribution in [-0.4, -0.2) is 41.1 Å². The fraction of sp³-hybridized carbons (Fsp3) is 0.320. The molecule has 3 aliphatic heterocycles. The van der Waals surface area contributed by atoms with E-state index in [0.29, 0.717) is 17.1 Å². The van der Waals surface area contributed by atoms with Gasteiger partial charge in [-0.15, -0.1) is 0 Å². The quantitative estimate of drug-likeness (QED) is 0.522. The molecule has 0 bridgehead atoms. The zero-order valence-electron chi connectivity index (χ0n) is 17.2. The van der Waals surface area contributed by atoms with Gasteiger partial charge in [0.2, 0.25) is 11.8 Å². The highest BCUT2D eigenvalue weighted by molar-refractivity contribution is 6.30. The Balaban J connectivity index is 1.63. The molecular weight excluding hydrogens is 412 g/mol. The molecule has 3 aliphatic rings. The molecule has 5 nitrogen and oxygen atoms in total. The summed E-state index contributed by atoms with van der Waals surface area (Å²) < 4.78 is 0. The molecule has 158 valence electrons. The van der Waals surface area contributed by atoms with Gasteiger partial charge in [-0.1, -0.05) is 67.4 Å². The molecule has 0 aliphatic carbocycles. The van der Waals surface area contributed by atoms with E-state index in [1.54, 1.807) is 18.2 Å². The third-order valence-corrected chi connectivity index (χ3v) is 6.86. The van der Waals surface area contributed by atoms with Gasteiger partial charge < -0.3 is 4.90 Å². The third-order valence-electron chi connectivity index (χ3n) is 6.62. The molecule has 31 heavy (non-hydrogen) atoms. The van der Waals surface area contributed by atoms with Crippen molar-refractivity contribution in [3.8, 4) is 0 Å². The molecular formula is C25H23ClN2O3. The summed E-state index contributed by atoms with van der Waals surface area (Å²) in [7, 11) is 0. The molecule has 4 atom stereocenters. The summed E-state index contributed by atoms with van der Waals surface area (Å²) in [4.78, 5) is 43.9. The number of benzene rings is 2. The number of hydrogen-bond acceptors (Lipinski definition) is 4. The predicted molar refractivity (Wildman–Crippen MR) is 120 cm³/mol. The van der Waals surface area contributed by atoms with Gasteiger partial charge in [-0.05, 0) is 30.2 Å².